The molecule has 1 nitrogen and oxygen atoms in total. The Kier molecular flexibility index (Phi) is 0.777. The minimum absolute atomic E-state index is 0.284. The summed E-state index contributed by atoms with van der Waals surface area (Å²) in [7, 11) is 0. The molecule has 0 aromatic rings. The van der Waals surface area contributed by atoms with Crippen molar-refractivity contribution in [1.29, 1.82) is 0 Å². The molecule has 10 heterocycles. The predicted molar refractivity (Wildman–Crippen MR) is 105 cm³/mol. The first kappa shape index (κ1) is 12.8. The monoisotopic (exact) mass is 490 g/mol. The number of carbonyl (C=O) groups excluding carboxylic acids is 1. The van der Waals surface area contributed by atoms with Gasteiger partial charge in [0.05, 0.1) is 0 Å². The topological polar surface area (TPSA) is 17.1 Å². The van der Waals surface area contributed by atoms with E-state index in [-0.39, 0.29) is 5.78 Å². The Morgan fingerprint density at radius 3 is 1.92 bits per heavy atom. The van der Waals surface area contributed by atoms with Crippen molar-refractivity contribution < 1.29 is 11.3 Å². The zero-order chi connectivity index (χ0) is 16.6. The van der Waals surface area contributed by atoms with Crippen LogP contribution in [0.5, 0.6) is 0 Å². The van der Waals surface area contributed by atoms with Crippen molar-refractivity contribution in [3.05, 3.63) is 0 Å². The number of rotatable bonds is 8. The van der Waals surface area contributed by atoms with Gasteiger partial charge in [-0.15, -0.1) is 0 Å². The number of alkyl halides is 1. The summed E-state index contributed by atoms with van der Waals surface area (Å²) in [6, 6.07) is 0. The van der Waals surface area contributed by atoms with Crippen molar-refractivity contribution in [3.63, 3.8) is 0 Å². The van der Waals surface area contributed by atoms with Gasteiger partial charge in [0.15, 0.2) is 0 Å². The van der Waals surface area contributed by atoms with Crippen molar-refractivity contribution in [3.8, 4) is 11.8 Å². The average Bonchev–Trinajstić information content (AvgIpc) is 3.55. The fraction of sp³-hybridized carbons (Fsp3) is 0.864. The molecule has 25 heavy (non-hydrogen) atoms. The van der Waals surface area contributed by atoms with Gasteiger partial charge in [0, 0.05) is 0 Å². The van der Waals surface area contributed by atoms with Crippen LogP contribution in [0.15, 0.2) is 0 Å². The second-order valence-electron chi connectivity index (χ2n) is 13.2. The molecule has 10 rings (SSSR count). The zero-order valence-electron chi connectivity index (χ0n) is 14.9. The van der Waals surface area contributed by atoms with E-state index >= 15 is 0 Å². The van der Waals surface area contributed by atoms with Crippen molar-refractivity contribution in [2.24, 2.45) is 0 Å². The average molecular weight is 490 g/mol. The van der Waals surface area contributed by atoms with Crippen LogP contribution in [0.25, 0.3) is 0 Å². The van der Waals surface area contributed by atoms with E-state index in [1.807, 2.05) is 0 Å². The predicted octanol–water partition coefficient (Wildman–Crippen LogP) is 6.80. The van der Waals surface area contributed by atoms with E-state index in [0.29, 0.717) is 4.31 Å². The van der Waals surface area contributed by atoms with Crippen molar-refractivity contribution in [2.45, 2.75) is 103 Å². The van der Waals surface area contributed by atoms with Crippen LogP contribution < -0.4 is 0 Å². The Morgan fingerprint density at radius 2 is 1.48 bits per heavy atom. The molecule has 0 amide bonds. The number of carbonyl (C=O) groups is 1. The minimum atomic E-state index is -3.20. The Hall–Kier alpha value is 0.479. The molecule has 0 radical (unpaired) electrons. The summed E-state index contributed by atoms with van der Waals surface area (Å²) in [6.07, 6.45) is 9.76. The van der Waals surface area contributed by atoms with Gasteiger partial charge in [-0.3, -0.25) is 0 Å². The number of hydrogen-bond acceptors (Lipinski definition) is 1. The fourth-order valence-corrected chi connectivity index (χ4v) is 109. The number of halogens is 1. The second-order valence-corrected chi connectivity index (χ2v) is 39.2. The van der Waals surface area contributed by atoms with Crippen molar-refractivity contribution in [2.75, 3.05) is 0 Å². The first-order valence-corrected chi connectivity index (χ1v) is 18.1. The third-order valence-electron chi connectivity index (χ3n) is 17.0. The molecule has 8 atom stereocenters. The van der Waals surface area contributed by atoms with Crippen LogP contribution in [0.3, 0.4) is 0 Å². The summed E-state index contributed by atoms with van der Waals surface area (Å²) in [5.41, 5.74) is 0. The molecule has 10 aliphatic heterocycles. The molecular weight excluding hydrogens is 463 g/mol. The Labute approximate surface area is 154 Å². The molecule has 1 spiro atoms. The molecule has 0 N–H and O–H groups in total. The van der Waals surface area contributed by atoms with Gasteiger partial charge in [-0.1, -0.05) is 6.92 Å². The van der Waals surface area contributed by atoms with Crippen LogP contribution in [-0.4, -0.2) is 8.10 Å². The second kappa shape index (κ2) is 1.51. The summed E-state index contributed by atoms with van der Waals surface area (Å²) in [6.45, 7) is -0.939. The van der Waals surface area contributed by atoms with Gasteiger partial charge in [-0.05, 0) is 0 Å². The summed E-state index contributed by atoms with van der Waals surface area (Å²) in [5.74, 6) is 7.42. The quantitative estimate of drug-likeness (QED) is 0.0914. The van der Waals surface area contributed by atoms with E-state index in [2.05, 4.69) is 41.4 Å². The maximum absolute atomic E-state index is 12.4. The van der Waals surface area contributed by atoms with Crippen molar-refractivity contribution >= 4 is 28.4 Å². The molecule has 3 heteroatoms. The van der Waals surface area contributed by atoms with Crippen LogP contribution in [0.4, 0.5) is 0 Å². The fourth-order valence-electron chi connectivity index (χ4n) is 18.0. The SMILES string of the molecule is CCCCCCCCCC(=O)C#C[C]12[CH]3[CH]4[CH]5[CH]1[Fe]45321678[CH]2[CH]1[CH]6[C]7(I)[CH]28. The van der Waals surface area contributed by atoms with Crippen LogP contribution in [0, 0.1) is 11.8 Å². The van der Waals surface area contributed by atoms with Crippen LogP contribution in [0.1, 0.15) is 58.3 Å². The van der Waals surface area contributed by atoms with Crippen molar-refractivity contribution in [1.82, 2.24) is 0 Å². The molecule has 136 valence electrons. The first-order valence-electron chi connectivity index (χ1n) is 10.8. The molecule has 0 aliphatic carbocycles. The molecule has 0 aromatic heterocycles. The van der Waals surface area contributed by atoms with E-state index in [0.717, 1.165) is 15.2 Å². The van der Waals surface area contributed by atoms with E-state index in [1.54, 1.807) is 0 Å². The van der Waals surface area contributed by atoms with Crippen LogP contribution in [0.2, 0.25) is 42.8 Å². The van der Waals surface area contributed by atoms with Gasteiger partial charge in [0.1, 0.15) is 0 Å². The standard InChI is InChI=1S/C17H23O.C5H4I.Fe/c1-2-3-4-5-6-7-8-13-17(18)15-14-16-11-9-10-12-16;6-5-3-1-2-4-5;/h9-12H,2-8,13H2,1H3;1-4H;. The molecule has 0 aromatic carbocycles. The number of ketones is 1. The third kappa shape index (κ3) is 0.212. The van der Waals surface area contributed by atoms with E-state index in [4.69, 9.17) is 0 Å². The molecular formula is C22H27FeIO. The van der Waals surface area contributed by atoms with Gasteiger partial charge in [0.25, 0.3) is 0 Å². The number of hydrogen-bond donors (Lipinski definition) is 0. The van der Waals surface area contributed by atoms with E-state index in [1.165, 1.54) is 77.1 Å². The molecule has 10 saturated heterocycles. The molecule has 10 fully saturated rings. The van der Waals surface area contributed by atoms with E-state index < -0.39 is 6.51 Å². The van der Waals surface area contributed by atoms with Gasteiger partial charge >= 0.3 is 148 Å². The molecule has 0 saturated carbocycles. The van der Waals surface area contributed by atoms with Gasteiger partial charge < -0.3 is 0 Å². The van der Waals surface area contributed by atoms with Crippen LogP contribution >= 0.6 is 22.6 Å². The summed E-state index contributed by atoms with van der Waals surface area (Å²) < 4.78 is 1.48. The number of fused-ring (bicyclic) bond motifs is 10. The van der Waals surface area contributed by atoms with Gasteiger partial charge in [-0.2, -0.15) is 0 Å². The Morgan fingerprint density at radius 1 is 0.920 bits per heavy atom. The Balaban J connectivity index is 0.918. The van der Waals surface area contributed by atoms with Gasteiger partial charge in [-0.25, -0.2) is 0 Å². The number of Topliss-reactive ketones (excluding diaryl/α,β-unsaturated/α-hetero) is 1. The van der Waals surface area contributed by atoms with E-state index in [9.17, 15) is 4.79 Å². The maximum atomic E-state index is 12.4. The zero-order valence-corrected chi connectivity index (χ0v) is 18.2. The summed E-state index contributed by atoms with van der Waals surface area (Å²) in [5, 5.41) is 0. The third-order valence-corrected chi connectivity index (χ3v) is 69.5. The summed E-state index contributed by atoms with van der Waals surface area (Å²) >= 11 is 3.01. The molecule has 10 aliphatic rings. The van der Waals surface area contributed by atoms with Crippen LogP contribution in [-0.2, 0) is 11.3 Å². The first-order chi connectivity index (χ1) is 11.9. The normalized spacial score (nSPS) is 87.1. The summed E-state index contributed by atoms with van der Waals surface area (Å²) in [4.78, 5) is 22.5. The van der Waals surface area contributed by atoms with Gasteiger partial charge in [0.2, 0.25) is 0 Å². The molecule has 0 bridgehead atoms. The Bertz CT molecular complexity index is 1260. The number of unbranched alkanes of at least 4 members (excludes halogenated alkanes) is 6. The molecule has 8 unspecified atom stereocenters.